The Hall–Kier alpha value is -1.61. The van der Waals surface area contributed by atoms with Crippen molar-refractivity contribution in [1.29, 1.82) is 0 Å². The Morgan fingerprint density at radius 2 is 1.85 bits per heavy atom. The summed E-state index contributed by atoms with van der Waals surface area (Å²) in [5, 5.41) is 0.959. The molecule has 4 rings (SSSR count). The minimum Gasteiger partial charge on any atom is -0.616 e. The first kappa shape index (κ1) is 17.8. The van der Waals surface area contributed by atoms with Gasteiger partial charge in [-0.3, -0.25) is 0 Å². The fourth-order valence-electron chi connectivity index (χ4n) is 2.79. The van der Waals surface area contributed by atoms with Gasteiger partial charge < -0.3 is 9.45 Å². The normalized spacial score (nSPS) is 15.5. The van der Waals surface area contributed by atoms with Gasteiger partial charge in [0.1, 0.15) is 33.9 Å². The molecular formula is C17H16ClN5OS2. The predicted molar refractivity (Wildman–Crippen MR) is 106 cm³/mol. The highest BCUT2D eigenvalue weighted by molar-refractivity contribution is 7.98. The van der Waals surface area contributed by atoms with Gasteiger partial charge in [-0.25, -0.2) is 15.0 Å². The Morgan fingerprint density at radius 3 is 2.62 bits per heavy atom. The maximum atomic E-state index is 11.6. The highest BCUT2D eigenvalue weighted by Crippen LogP contribution is 2.31. The molecule has 0 aliphatic carbocycles. The first-order valence-corrected chi connectivity index (χ1v) is 11.0. The van der Waals surface area contributed by atoms with Crippen LogP contribution >= 0.6 is 23.4 Å². The van der Waals surface area contributed by atoms with Crippen LogP contribution in [0.4, 0.5) is 5.82 Å². The Labute approximate surface area is 163 Å². The predicted octanol–water partition coefficient (Wildman–Crippen LogP) is 2.93. The molecule has 134 valence electrons. The van der Waals surface area contributed by atoms with Gasteiger partial charge >= 0.3 is 0 Å². The third kappa shape index (κ3) is 3.88. The molecule has 0 amide bonds. The number of aromatic nitrogens is 4. The molecule has 9 heteroatoms. The van der Waals surface area contributed by atoms with Crippen molar-refractivity contribution in [1.82, 2.24) is 19.9 Å². The van der Waals surface area contributed by atoms with Gasteiger partial charge in [0.05, 0.1) is 13.1 Å². The van der Waals surface area contributed by atoms with Crippen LogP contribution in [0.1, 0.15) is 5.56 Å². The number of fused-ring (bicyclic) bond motifs is 1. The molecule has 2 aromatic heterocycles. The second kappa shape index (κ2) is 7.96. The van der Waals surface area contributed by atoms with Crippen LogP contribution in [0.5, 0.6) is 0 Å². The molecular weight excluding hydrogens is 390 g/mol. The van der Waals surface area contributed by atoms with E-state index >= 15 is 0 Å². The van der Waals surface area contributed by atoms with Crippen LogP contribution in [-0.4, -0.2) is 49.1 Å². The van der Waals surface area contributed by atoms with Gasteiger partial charge in [0.25, 0.3) is 0 Å². The van der Waals surface area contributed by atoms with E-state index in [1.54, 1.807) is 18.1 Å². The average Bonchev–Trinajstić information content (AvgIpc) is 2.67. The zero-order valence-electron chi connectivity index (χ0n) is 13.8. The number of thioether (sulfide) groups is 1. The van der Waals surface area contributed by atoms with E-state index in [0.717, 1.165) is 10.8 Å². The Balaban J connectivity index is 1.67. The van der Waals surface area contributed by atoms with Crippen LogP contribution in [0.3, 0.4) is 0 Å². The number of hydrogen-bond acceptors (Lipinski definition) is 7. The molecule has 3 heterocycles. The maximum Gasteiger partial charge on any atom is 0.225 e. The molecule has 1 fully saturated rings. The Bertz CT molecular complexity index is 906. The Kier molecular flexibility index (Phi) is 5.44. The molecule has 0 bridgehead atoms. The average molecular weight is 406 g/mol. The summed E-state index contributed by atoms with van der Waals surface area (Å²) in [6, 6.07) is 10.2. The van der Waals surface area contributed by atoms with Gasteiger partial charge in [-0.2, -0.15) is 4.98 Å². The zero-order valence-corrected chi connectivity index (χ0v) is 16.2. The van der Waals surface area contributed by atoms with Crippen LogP contribution in [-0.2, 0) is 16.9 Å². The van der Waals surface area contributed by atoms with Crippen molar-refractivity contribution < 1.29 is 4.55 Å². The van der Waals surface area contributed by atoms with Crippen LogP contribution in [0.25, 0.3) is 11.0 Å². The number of hydrogen-bond donors (Lipinski definition) is 0. The van der Waals surface area contributed by atoms with Crippen molar-refractivity contribution in [2.24, 2.45) is 0 Å². The van der Waals surface area contributed by atoms with Gasteiger partial charge in [-0.15, -0.1) is 0 Å². The van der Waals surface area contributed by atoms with Crippen LogP contribution < -0.4 is 4.90 Å². The van der Waals surface area contributed by atoms with E-state index in [1.807, 2.05) is 18.2 Å². The number of nitrogens with zero attached hydrogens (tertiary/aromatic N) is 5. The summed E-state index contributed by atoms with van der Waals surface area (Å²) in [6.45, 7) is 1.34. The van der Waals surface area contributed by atoms with E-state index < -0.39 is 11.2 Å². The summed E-state index contributed by atoms with van der Waals surface area (Å²) in [7, 11) is 0. The third-order valence-electron chi connectivity index (χ3n) is 4.10. The van der Waals surface area contributed by atoms with E-state index in [2.05, 4.69) is 37.0 Å². The maximum absolute atomic E-state index is 11.6. The number of anilines is 1. The molecule has 1 saturated heterocycles. The first-order chi connectivity index (χ1) is 12.7. The van der Waals surface area contributed by atoms with Crippen molar-refractivity contribution in [3.05, 3.63) is 47.5 Å². The topological polar surface area (TPSA) is 77.9 Å². The zero-order chi connectivity index (χ0) is 17.9. The van der Waals surface area contributed by atoms with Gasteiger partial charge in [0.2, 0.25) is 5.28 Å². The van der Waals surface area contributed by atoms with Crippen LogP contribution in [0.2, 0.25) is 5.28 Å². The second-order valence-electron chi connectivity index (χ2n) is 5.80. The number of halogens is 1. The first-order valence-electron chi connectivity index (χ1n) is 8.15. The highest BCUT2D eigenvalue weighted by atomic mass is 35.5. The summed E-state index contributed by atoms with van der Waals surface area (Å²) in [4.78, 5) is 19.7. The highest BCUT2D eigenvalue weighted by Gasteiger charge is 2.24. The quantitative estimate of drug-likeness (QED) is 0.286. The van der Waals surface area contributed by atoms with Gasteiger partial charge in [-0.1, -0.05) is 53.3 Å². The Morgan fingerprint density at radius 1 is 1.08 bits per heavy atom. The van der Waals surface area contributed by atoms with Crippen LogP contribution in [0, 0.1) is 0 Å². The lowest BCUT2D eigenvalue weighted by Gasteiger charge is -2.29. The van der Waals surface area contributed by atoms with Gasteiger partial charge in [0.15, 0.2) is 5.82 Å². The van der Waals surface area contributed by atoms with Crippen molar-refractivity contribution in [2.45, 2.75) is 10.8 Å². The lowest BCUT2D eigenvalue weighted by molar-refractivity contribution is 0.585. The third-order valence-corrected chi connectivity index (χ3v) is 6.59. The largest absolute Gasteiger partial charge is 0.616 e. The molecule has 0 radical (unpaired) electrons. The molecule has 1 aliphatic heterocycles. The van der Waals surface area contributed by atoms with Crippen molar-refractivity contribution in [3.8, 4) is 0 Å². The molecule has 3 aromatic rings. The monoisotopic (exact) mass is 405 g/mol. The lowest BCUT2D eigenvalue weighted by atomic mass is 10.2. The SMILES string of the molecule is [O-][S+]1CCN(c2nc(Cl)nc3c(SCc4ccccc4)ncnc23)CC1. The van der Waals surface area contributed by atoms with E-state index in [0.29, 0.717) is 41.4 Å². The second-order valence-corrected chi connectivity index (χ2v) is 8.80. The fraction of sp³-hybridized carbons (Fsp3) is 0.294. The molecule has 1 aromatic carbocycles. The summed E-state index contributed by atoms with van der Waals surface area (Å²) < 4.78 is 11.6. The minimum absolute atomic E-state index is 0.176. The number of benzene rings is 1. The van der Waals surface area contributed by atoms with E-state index in [4.69, 9.17) is 11.6 Å². The van der Waals surface area contributed by atoms with Gasteiger partial charge in [0, 0.05) is 5.75 Å². The molecule has 6 nitrogen and oxygen atoms in total. The standard InChI is InChI=1S/C17H16ClN5OS2/c18-17-21-14-13(15(22-17)23-6-8-26(24)9-7-23)19-11-20-16(14)25-10-12-4-2-1-3-5-12/h1-5,11H,6-10H2. The van der Waals surface area contributed by atoms with Crippen LogP contribution in [0.15, 0.2) is 41.7 Å². The fourth-order valence-corrected chi connectivity index (χ4v) is 4.90. The molecule has 0 atom stereocenters. The minimum atomic E-state index is -0.757. The van der Waals surface area contributed by atoms with E-state index in [1.165, 1.54) is 5.56 Å². The number of rotatable bonds is 4. The molecule has 26 heavy (non-hydrogen) atoms. The summed E-state index contributed by atoms with van der Waals surface area (Å²) in [5.74, 6) is 2.74. The summed E-state index contributed by atoms with van der Waals surface area (Å²) in [6.07, 6.45) is 1.54. The summed E-state index contributed by atoms with van der Waals surface area (Å²) >= 11 is 7.03. The van der Waals surface area contributed by atoms with Crippen molar-refractivity contribution in [3.63, 3.8) is 0 Å². The molecule has 0 N–H and O–H groups in total. The van der Waals surface area contributed by atoms with Crippen molar-refractivity contribution in [2.75, 3.05) is 29.5 Å². The molecule has 1 aliphatic rings. The lowest BCUT2D eigenvalue weighted by Crippen LogP contribution is -2.41. The van der Waals surface area contributed by atoms with Gasteiger partial charge in [-0.05, 0) is 17.2 Å². The van der Waals surface area contributed by atoms with Crippen molar-refractivity contribution >= 4 is 51.4 Å². The molecule has 0 spiro atoms. The summed E-state index contributed by atoms with van der Waals surface area (Å²) in [5.41, 5.74) is 2.56. The smallest absolute Gasteiger partial charge is 0.225 e. The molecule has 0 unspecified atom stereocenters. The molecule has 0 saturated carbocycles. The van der Waals surface area contributed by atoms with E-state index in [-0.39, 0.29) is 5.28 Å². The van der Waals surface area contributed by atoms with E-state index in [9.17, 15) is 4.55 Å².